The Hall–Kier alpha value is -1.60. The molecule has 1 rings (SSSR count). The Bertz CT molecular complexity index is 1130. The standard InChI is InChI=1S/C55H105NO10/c1-4-7-10-13-16-19-22-24-25-26-28-31-34-37-40-43-50(60)66-53-52(62)51(61)49(44-57)65-55(53)64-45-46(47(58)41-38-35-32-30-27-23-20-17-14-11-8-5-2)56-54(63)48(59)42-39-36-33-29-21-18-15-12-9-6-3/h38,41,46-49,51-53,55,57-59,61-62H,4-37,39-40,42-45H2,1-3H3,(H,56,63)/b41-38+. The number of aliphatic hydroxyl groups is 5. The maximum atomic E-state index is 13.3. The van der Waals surface area contributed by atoms with Crippen molar-refractivity contribution >= 4 is 11.9 Å². The number of unbranched alkanes of at least 4 members (excludes halogenated alkanes) is 33. The number of hydrogen-bond acceptors (Lipinski definition) is 10. The van der Waals surface area contributed by atoms with Crippen LogP contribution in [0.15, 0.2) is 12.2 Å². The van der Waals surface area contributed by atoms with Crippen molar-refractivity contribution < 1.29 is 49.3 Å². The SMILES string of the molecule is CCCCCCCCCCCC/C=C/C(O)C(COC1OC(CO)C(O)C(O)C1OC(=O)CCCCCCCCCCCCCCCCC)NC(=O)C(O)CCCCCCCCCCCC. The number of carbonyl (C=O) groups excluding carboxylic acids is 2. The summed E-state index contributed by atoms with van der Waals surface area (Å²) < 4.78 is 17.5. The summed E-state index contributed by atoms with van der Waals surface area (Å²) in [5, 5.41) is 56.6. The van der Waals surface area contributed by atoms with E-state index in [-0.39, 0.29) is 13.0 Å². The quantitative estimate of drug-likeness (QED) is 0.0196. The number of allylic oxidation sites excluding steroid dienone is 1. The molecule has 11 heteroatoms. The number of nitrogens with one attached hydrogen (secondary N) is 1. The molecule has 0 spiro atoms. The average Bonchev–Trinajstić information content (AvgIpc) is 3.31. The zero-order valence-corrected chi connectivity index (χ0v) is 42.8. The number of amides is 1. The Morgan fingerprint density at radius 1 is 0.576 bits per heavy atom. The van der Waals surface area contributed by atoms with E-state index >= 15 is 0 Å². The van der Waals surface area contributed by atoms with Crippen molar-refractivity contribution in [1.29, 1.82) is 0 Å². The van der Waals surface area contributed by atoms with Crippen molar-refractivity contribution in [3.8, 4) is 0 Å². The first-order valence-electron chi connectivity index (χ1n) is 28.0. The molecule has 8 unspecified atom stereocenters. The van der Waals surface area contributed by atoms with Crippen molar-refractivity contribution in [2.75, 3.05) is 13.2 Å². The third-order valence-electron chi connectivity index (χ3n) is 13.4. The molecule has 0 aromatic rings. The Morgan fingerprint density at radius 3 is 1.42 bits per heavy atom. The van der Waals surface area contributed by atoms with Crippen LogP contribution in [0.1, 0.15) is 265 Å². The summed E-state index contributed by atoms with van der Waals surface area (Å²) >= 11 is 0. The molecule has 1 saturated heterocycles. The molecule has 6 N–H and O–H groups in total. The normalized spacial score (nSPS) is 20.2. The maximum absolute atomic E-state index is 13.3. The van der Waals surface area contributed by atoms with Gasteiger partial charge in [0.1, 0.15) is 24.4 Å². The van der Waals surface area contributed by atoms with Gasteiger partial charge in [0, 0.05) is 6.42 Å². The monoisotopic (exact) mass is 940 g/mol. The van der Waals surface area contributed by atoms with E-state index in [0.29, 0.717) is 19.3 Å². The molecule has 8 atom stereocenters. The van der Waals surface area contributed by atoms with Gasteiger partial charge >= 0.3 is 5.97 Å². The lowest BCUT2D eigenvalue weighted by Gasteiger charge is -2.41. The van der Waals surface area contributed by atoms with Gasteiger partial charge < -0.3 is 45.1 Å². The molecule has 0 radical (unpaired) electrons. The highest BCUT2D eigenvalue weighted by Gasteiger charge is 2.47. The van der Waals surface area contributed by atoms with Gasteiger partial charge in [0.15, 0.2) is 12.4 Å². The third kappa shape index (κ3) is 33.0. The largest absolute Gasteiger partial charge is 0.454 e. The molecular weight excluding hydrogens is 835 g/mol. The number of ether oxygens (including phenoxy) is 3. The minimum absolute atomic E-state index is 0.131. The Labute approximate surface area is 404 Å². The van der Waals surface area contributed by atoms with Crippen LogP contribution in [0.2, 0.25) is 0 Å². The summed E-state index contributed by atoms with van der Waals surface area (Å²) in [6.07, 6.45) is 36.9. The van der Waals surface area contributed by atoms with Gasteiger partial charge in [0.2, 0.25) is 5.91 Å². The number of esters is 1. The fourth-order valence-electron chi connectivity index (χ4n) is 8.95. The minimum Gasteiger partial charge on any atom is -0.454 e. The van der Waals surface area contributed by atoms with Crippen LogP contribution in [-0.2, 0) is 23.8 Å². The molecule has 390 valence electrons. The number of aliphatic hydroxyl groups excluding tert-OH is 5. The number of rotatable bonds is 47. The van der Waals surface area contributed by atoms with E-state index in [4.69, 9.17) is 14.2 Å². The molecule has 1 heterocycles. The summed E-state index contributed by atoms with van der Waals surface area (Å²) in [7, 11) is 0. The highest BCUT2D eigenvalue weighted by Crippen LogP contribution is 2.26. The van der Waals surface area contributed by atoms with Crippen LogP contribution in [0.4, 0.5) is 0 Å². The Kier molecular flexibility index (Phi) is 42.2. The molecule has 1 aliphatic rings. The third-order valence-corrected chi connectivity index (χ3v) is 13.4. The van der Waals surface area contributed by atoms with Gasteiger partial charge in [-0.15, -0.1) is 0 Å². The van der Waals surface area contributed by atoms with Gasteiger partial charge in [-0.3, -0.25) is 9.59 Å². The first kappa shape index (κ1) is 62.4. The van der Waals surface area contributed by atoms with Crippen molar-refractivity contribution in [3.63, 3.8) is 0 Å². The van der Waals surface area contributed by atoms with Crippen molar-refractivity contribution in [2.24, 2.45) is 0 Å². The van der Waals surface area contributed by atoms with E-state index in [1.165, 1.54) is 161 Å². The molecule has 1 fully saturated rings. The molecule has 11 nitrogen and oxygen atoms in total. The zero-order valence-electron chi connectivity index (χ0n) is 42.8. The van der Waals surface area contributed by atoms with E-state index in [9.17, 15) is 35.1 Å². The minimum atomic E-state index is -1.60. The van der Waals surface area contributed by atoms with Gasteiger partial charge in [-0.05, 0) is 25.7 Å². The number of hydrogen-bond donors (Lipinski definition) is 6. The Balaban J connectivity index is 2.73. The van der Waals surface area contributed by atoms with Crippen LogP contribution < -0.4 is 5.32 Å². The van der Waals surface area contributed by atoms with E-state index in [1.807, 2.05) is 6.08 Å². The summed E-state index contributed by atoms with van der Waals surface area (Å²) in [6, 6.07) is -1.01. The molecule has 0 aliphatic carbocycles. The topological polar surface area (TPSA) is 175 Å². The first-order chi connectivity index (χ1) is 32.2. The second kappa shape index (κ2) is 44.6. The van der Waals surface area contributed by atoms with Gasteiger partial charge in [-0.2, -0.15) is 0 Å². The lowest BCUT2D eigenvalue weighted by molar-refractivity contribution is -0.305. The maximum Gasteiger partial charge on any atom is 0.306 e. The van der Waals surface area contributed by atoms with E-state index < -0.39 is 67.4 Å². The first-order valence-corrected chi connectivity index (χ1v) is 28.0. The molecule has 0 aromatic carbocycles. The molecular formula is C55H105NO10. The molecule has 0 saturated carbocycles. The van der Waals surface area contributed by atoms with Gasteiger partial charge in [-0.1, -0.05) is 245 Å². The van der Waals surface area contributed by atoms with E-state index in [0.717, 1.165) is 57.8 Å². The summed E-state index contributed by atoms with van der Waals surface area (Å²) in [5.74, 6) is -1.18. The lowest BCUT2D eigenvalue weighted by Crippen LogP contribution is -2.61. The molecule has 0 aromatic heterocycles. The van der Waals surface area contributed by atoms with E-state index in [2.05, 4.69) is 26.1 Å². The zero-order chi connectivity index (χ0) is 48.3. The summed E-state index contributed by atoms with van der Waals surface area (Å²) in [6.45, 7) is 5.77. The van der Waals surface area contributed by atoms with Crippen molar-refractivity contribution in [2.45, 2.75) is 314 Å². The van der Waals surface area contributed by atoms with Gasteiger partial charge in [-0.25, -0.2) is 0 Å². The highest BCUT2D eigenvalue weighted by molar-refractivity contribution is 5.80. The average molecular weight is 940 g/mol. The number of carbonyl (C=O) groups is 2. The van der Waals surface area contributed by atoms with E-state index in [1.54, 1.807) is 6.08 Å². The van der Waals surface area contributed by atoms with Crippen molar-refractivity contribution in [3.05, 3.63) is 12.2 Å². The van der Waals surface area contributed by atoms with Crippen molar-refractivity contribution in [1.82, 2.24) is 5.32 Å². The van der Waals surface area contributed by atoms with Gasteiger partial charge in [0.25, 0.3) is 0 Å². The fourth-order valence-corrected chi connectivity index (χ4v) is 8.95. The molecule has 0 bridgehead atoms. The van der Waals surface area contributed by atoms with Crippen LogP contribution in [0.5, 0.6) is 0 Å². The molecule has 1 aliphatic heterocycles. The van der Waals surface area contributed by atoms with Crippen LogP contribution in [0.3, 0.4) is 0 Å². The van der Waals surface area contributed by atoms with Crippen LogP contribution >= 0.6 is 0 Å². The summed E-state index contributed by atoms with van der Waals surface area (Å²) in [4.78, 5) is 26.4. The van der Waals surface area contributed by atoms with Gasteiger partial charge in [0.05, 0.1) is 25.4 Å². The Morgan fingerprint density at radius 2 is 0.985 bits per heavy atom. The van der Waals surface area contributed by atoms with Crippen LogP contribution in [0.25, 0.3) is 0 Å². The second-order valence-electron chi connectivity index (χ2n) is 19.7. The molecule has 66 heavy (non-hydrogen) atoms. The lowest BCUT2D eigenvalue weighted by atomic mass is 9.99. The van der Waals surface area contributed by atoms with Crippen LogP contribution in [0, 0.1) is 0 Å². The smallest absolute Gasteiger partial charge is 0.306 e. The molecule has 1 amide bonds. The van der Waals surface area contributed by atoms with Crippen LogP contribution in [-0.4, -0.2) is 99.6 Å². The highest BCUT2D eigenvalue weighted by atomic mass is 16.7. The second-order valence-corrected chi connectivity index (χ2v) is 19.7. The summed E-state index contributed by atoms with van der Waals surface area (Å²) in [5.41, 5.74) is 0. The predicted molar refractivity (Wildman–Crippen MR) is 269 cm³/mol. The predicted octanol–water partition coefficient (Wildman–Crippen LogP) is 12.0. The fraction of sp³-hybridized carbons (Fsp3) is 0.927.